The van der Waals surface area contributed by atoms with Crippen molar-refractivity contribution < 1.29 is 9.53 Å². The number of rotatable bonds is 2. The number of nitrogens with zero attached hydrogens (tertiary/aromatic N) is 2. The second kappa shape index (κ2) is 3.89. The number of hydrogen-bond acceptors (Lipinski definition) is 4. The second-order valence-electron chi connectivity index (χ2n) is 2.79. The molecule has 0 saturated heterocycles. The van der Waals surface area contributed by atoms with Crippen molar-refractivity contribution in [2.24, 2.45) is 0 Å². The molecule has 1 heterocycles. The van der Waals surface area contributed by atoms with Crippen LogP contribution in [0.5, 0.6) is 0 Å². The zero-order valence-electron chi connectivity index (χ0n) is 7.94. The highest BCUT2D eigenvalue weighted by atomic mass is 16.5. The molecule has 0 spiro atoms. The Hall–Kier alpha value is -1.58. The average Bonchev–Trinajstić information content (AvgIpc) is 2.17. The fourth-order valence-electron chi connectivity index (χ4n) is 0.914. The number of esters is 1. The van der Waals surface area contributed by atoms with Crippen LogP contribution in [0.2, 0.25) is 0 Å². The first-order valence-electron chi connectivity index (χ1n) is 3.87. The molecule has 0 aromatic carbocycles. The standard InChI is InChI=1S/C9H12N2O2/c1-11(2)7-4-5-10-8(6-7)9(12)13-3/h4-6H,1-3H3. The van der Waals surface area contributed by atoms with Gasteiger partial charge >= 0.3 is 5.97 Å². The molecule has 0 N–H and O–H groups in total. The molecule has 1 aromatic heterocycles. The van der Waals surface area contributed by atoms with Gasteiger partial charge in [0, 0.05) is 26.0 Å². The summed E-state index contributed by atoms with van der Waals surface area (Å²) >= 11 is 0. The maximum absolute atomic E-state index is 11.1. The molecular weight excluding hydrogens is 168 g/mol. The van der Waals surface area contributed by atoms with Crippen LogP contribution in [0.25, 0.3) is 0 Å². The number of anilines is 1. The van der Waals surface area contributed by atoms with E-state index in [1.165, 1.54) is 7.11 Å². The van der Waals surface area contributed by atoms with Crippen molar-refractivity contribution in [3.63, 3.8) is 0 Å². The van der Waals surface area contributed by atoms with Crippen LogP contribution in [-0.4, -0.2) is 32.2 Å². The molecule has 70 valence electrons. The summed E-state index contributed by atoms with van der Waals surface area (Å²) in [5, 5.41) is 0. The summed E-state index contributed by atoms with van der Waals surface area (Å²) in [5.41, 5.74) is 1.25. The summed E-state index contributed by atoms with van der Waals surface area (Å²) in [6.45, 7) is 0. The van der Waals surface area contributed by atoms with E-state index >= 15 is 0 Å². The number of hydrogen-bond donors (Lipinski definition) is 0. The third-order valence-corrected chi connectivity index (χ3v) is 1.65. The predicted octanol–water partition coefficient (Wildman–Crippen LogP) is 0.934. The number of aromatic nitrogens is 1. The highest BCUT2D eigenvalue weighted by Gasteiger charge is 2.07. The van der Waals surface area contributed by atoms with Crippen LogP contribution in [0.4, 0.5) is 5.69 Å². The van der Waals surface area contributed by atoms with Crippen molar-refractivity contribution in [1.82, 2.24) is 4.98 Å². The van der Waals surface area contributed by atoms with E-state index in [0.29, 0.717) is 5.69 Å². The van der Waals surface area contributed by atoms with Crippen LogP contribution in [0, 0.1) is 0 Å². The molecule has 0 unspecified atom stereocenters. The Morgan fingerprint density at radius 1 is 1.54 bits per heavy atom. The summed E-state index contributed by atoms with van der Waals surface area (Å²) in [4.78, 5) is 16.9. The Balaban J connectivity index is 2.98. The van der Waals surface area contributed by atoms with E-state index in [-0.39, 0.29) is 0 Å². The summed E-state index contributed by atoms with van der Waals surface area (Å²) in [6.07, 6.45) is 1.58. The van der Waals surface area contributed by atoms with Gasteiger partial charge in [0.05, 0.1) is 7.11 Å². The zero-order valence-corrected chi connectivity index (χ0v) is 7.94. The van der Waals surface area contributed by atoms with Crippen LogP contribution in [0.15, 0.2) is 18.3 Å². The number of carbonyl (C=O) groups is 1. The van der Waals surface area contributed by atoms with Crippen molar-refractivity contribution in [3.8, 4) is 0 Å². The minimum atomic E-state index is -0.413. The van der Waals surface area contributed by atoms with Crippen LogP contribution in [0.3, 0.4) is 0 Å². The first-order chi connectivity index (χ1) is 6.15. The quantitative estimate of drug-likeness (QED) is 0.635. The van der Waals surface area contributed by atoms with Gasteiger partial charge in [-0.15, -0.1) is 0 Å². The van der Waals surface area contributed by atoms with Gasteiger partial charge in [-0.1, -0.05) is 0 Å². The normalized spacial score (nSPS) is 9.46. The number of carbonyl (C=O) groups excluding carboxylic acids is 1. The van der Waals surface area contributed by atoms with E-state index in [1.807, 2.05) is 25.1 Å². The molecule has 0 aliphatic rings. The van der Waals surface area contributed by atoms with E-state index in [2.05, 4.69) is 9.72 Å². The van der Waals surface area contributed by atoms with E-state index in [0.717, 1.165) is 5.69 Å². The molecule has 0 fully saturated rings. The van der Waals surface area contributed by atoms with Gasteiger partial charge in [0.1, 0.15) is 5.69 Å². The molecule has 0 bridgehead atoms. The van der Waals surface area contributed by atoms with Crippen molar-refractivity contribution >= 4 is 11.7 Å². The van der Waals surface area contributed by atoms with Crippen molar-refractivity contribution in [1.29, 1.82) is 0 Å². The molecule has 0 aliphatic heterocycles. The molecule has 0 radical (unpaired) electrons. The Kier molecular flexibility index (Phi) is 2.84. The fourth-order valence-corrected chi connectivity index (χ4v) is 0.914. The number of pyridine rings is 1. The monoisotopic (exact) mass is 180 g/mol. The Labute approximate surface area is 77.1 Å². The third kappa shape index (κ3) is 2.18. The first-order valence-corrected chi connectivity index (χ1v) is 3.87. The van der Waals surface area contributed by atoms with Crippen molar-refractivity contribution in [2.45, 2.75) is 0 Å². The number of methoxy groups -OCH3 is 1. The Morgan fingerprint density at radius 3 is 2.77 bits per heavy atom. The zero-order chi connectivity index (χ0) is 9.84. The summed E-state index contributed by atoms with van der Waals surface area (Å²) < 4.78 is 4.55. The molecule has 0 atom stereocenters. The SMILES string of the molecule is COC(=O)c1cc(N(C)C)ccn1. The van der Waals surface area contributed by atoms with Crippen LogP contribution < -0.4 is 4.90 Å². The molecule has 0 saturated carbocycles. The number of ether oxygens (including phenoxy) is 1. The molecule has 1 rings (SSSR count). The Bertz CT molecular complexity index is 310. The van der Waals surface area contributed by atoms with Gasteiger partial charge in [0.15, 0.2) is 0 Å². The predicted molar refractivity (Wildman–Crippen MR) is 49.9 cm³/mol. The Morgan fingerprint density at radius 2 is 2.23 bits per heavy atom. The second-order valence-corrected chi connectivity index (χ2v) is 2.79. The fraction of sp³-hybridized carbons (Fsp3) is 0.333. The van der Waals surface area contributed by atoms with Gasteiger partial charge in [0.25, 0.3) is 0 Å². The lowest BCUT2D eigenvalue weighted by Gasteiger charge is -2.12. The van der Waals surface area contributed by atoms with Gasteiger partial charge in [-0.3, -0.25) is 0 Å². The molecule has 13 heavy (non-hydrogen) atoms. The largest absolute Gasteiger partial charge is 0.464 e. The third-order valence-electron chi connectivity index (χ3n) is 1.65. The lowest BCUT2D eigenvalue weighted by Crippen LogP contribution is -2.11. The highest BCUT2D eigenvalue weighted by Crippen LogP contribution is 2.11. The molecular formula is C9H12N2O2. The lowest BCUT2D eigenvalue weighted by molar-refractivity contribution is 0.0594. The van der Waals surface area contributed by atoms with Crippen molar-refractivity contribution in [2.75, 3.05) is 26.1 Å². The molecule has 1 aromatic rings. The topological polar surface area (TPSA) is 42.4 Å². The van der Waals surface area contributed by atoms with E-state index in [4.69, 9.17) is 0 Å². The van der Waals surface area contributed by atoms with E-state index < -0.39 is 5.97 Å². The minimum absolute atomic E-state index is 0.328. The van der Waals surface area contributed by atoms with Crippen LogP contribution >= 0.6 is 0 Å². The molecule has 0 amide bonds. The van der Waals surface area contributed by atoms with E-state index in [1.54, 1.807) is 12.3 Å². The molecule has 4 nitrogen and oxygen atoms in total. The van der Waals surface area contributed by atoms with Crippen molar-refractivity contribution in [3.05, 3.63) is 24.0 Å². The average molecular weight is 180 g/mol. The first kappa shape index (κ1) is 9.51. The van der Waals surface area contributed by atoms with Gasteiger partial charge in [-0.2, -0.15) is 0 Å². The maximum Gasteiger partial charge on any atom is 0.356 e. The smallest absolute Gasteiger partial charge is 0.356 e. The highest BCUT2D eigenvalue weighted by molar-refractivity contribution is 5.88. The molecule has 4 heteroatoms. The van der Waals surface area contributed by atoms with E-state index in [9.17, 15) is 4.79 Å². The van der Waals surface area contributed by atoms with Crippen LogP contribution in [0.1, 0.15) is 10.5 Å². The van der Waals surface area contributed by atoms with Gasteiger partial charge in [-0.25, -0.2) is 9.78 Å². The van der Waals surface area contributed by atoms with Crippen LogP contribution in [-0.2, 0) is 4.74 Å². The summed E-state index contributed by atoms with van der Waals surface area (Å²) in [5.74, 6) is -0.413. The minimum Gasteiger partial charge on any atom is -0.464 e. The lowest BCUT2D eigenvalue weighted by atomic mass is 10.3. The summed E-state index contributed by atoms with van der Waals surface area (Å²) in [6, 6.07) is 3.51. The summed E-state index contributed by atoms with van der Waals surface area (Å²) in [7, 11) is 5.14. The maximum atomic E-state index is 11.1. The van der Waals surface area contributed by atoms with Gasteiger partial charge < -0.3 is 9.64 Å². The van der Waals surface area contributed by atoms with Gasteiger partial charge in [-0.05, 0) is 12.1 Å². The van der Waals surface area contributed by atoms with Gasteiger partial charge in [0.2, 0.25) is 0 Å². The molecule has 0 aliphatic carbocycles.